The number of pyridine rings is 2. The number of nitrogens with one attached hydrogen (secondary N) is 1. The van der Waals surface area contributed by atoms with E-state index in [0.29, 0.717) is 25.2 Å². The van der Waals surface area contributed by atoms with E-state index in [2.05, 4.69) is 15.0 Å². The Morgan fingerprint density at radius 3 is 2.66 bits per heavy atom. The van der Waals surface area contributed by atoms with Gasteiger partial charge in [0.1, 0.15) is 0 Å². The Bertz CT molecular complexity index is 1150. The molecule has 0 aliphatic carbocycles. The second kappa shape index (κ2) is 8.38. The number of hydrogen-bond donors (Lipinski definition) is 1. The first-order valence-corrected chi connectivity index (χ1v) is 9.66. The Morgan fingerprint density at radius 2 is 2.03 bits per heavy atom. The van der Waals surface area contributed by atoms with E-state index in [-0.39, 0.29) is 28.4 Å². The molecule has 3 heterocycles. The first-order valence-electron chi connectivity index (χ1n) is 9.66. The molecule has 0 aromatic carbocycles. The van der Waals surface area contributed by atoms with Crippen LogP contribution in [-0.4, -0.2) is 37.4 Å². The monoisotopic (exact) mass is 395 g/mol. The van der Waals surface area contributed by atoms with E-state index in [1.165, 1.54) is 9.47 Å². The van der Waals surface area contributed by atoms with Gasteiger partial charge in [0.2, 0.25) is 0 Å². The highest BCUT2D eigenvalue weighted by Crippen LogP contribution is 2.21. The molecule has 29 heavy (non-hydrogen) atoms. The molecule has 1 N–H and O–H groups in total. The average Bonchev–Trinajstić information content (AvgIpc) is 2.70. The molecule has 3 aromatic rings. The highest BCUT2D eigenvalue weighted by Gasteiger charge is 2.22. The molecule has 1 amide bonds. The van der Waals surface area contributed by atoms with Crippen LogP contribution >= 0.6 is 0 Å². The number of aryl methyl sites for hydroxylation is 1. The van der Waals surface area contributed by atoms with Crippen LogP contribution in [0.5, 0.6) is 0 Å². The van der Waals surface area contributed by atoms with Crippen molar-refractivity contribution in [2.75, 3.05) is 7.05 Å². The molecule has 0 fully saturated rings. The lowest BCUT2D eigenvalue weighted by Crippen LogP contribution is -2.34. The predicted molar refractivity (Wildman–Crippen MR) is 111 cm³/mol. The first kappa shape index (κ1) is 20.4. The number of aromatic nitrogens is 4. The Kier molecular flexibility index (Phi) is 5.91. The Labute approximate surface area is 168 Å². The topological polar surface area (TPSA) is 101 Å². The number of nitrogens with zero attached hydrogens (tertiary/aromatic N) is 4. The van der Waals surface area contributed by atoms with Gasteiger partial charge in [-0.05, 0) is 30.5 Å². The number of carbonyl (C=O) groups excluding carboxylic acids is 1. The van der Waals surface area contributed by atoms with Crippen molar-refractivity contribution in [3.63, 3.8) is 0 Å². The zero-order valence-corrected chi connectivity index (χ0v) is 17.1. The smallest absolute Gasteiger partial charge is 0.329 e. The van der Waals surface area contributed by atoms with Gasteiger partial charge in [-0.15, -0.1) is 0 Å². The highest BCUT2D eigenvalue weighted by atomic mass is 16.2. The van der Waals surface area contributed by atoms with Crippen molar-refractivity contribution in [3.8, 4) is 0 Å². The molecule has 0 bridgehead atoms. The second-order valence-corrected chi connectivity index (χ2v) is 7.34. The van der Waals surface area contributed by atoms with Crippen LogP contribution in [0.2, 0.25) is 0 Å². The summed E-state index contributed by atoms with van der Waals surface area (Å²) < 4.78 is 1.43. The summed E-state index contributed by atoms with van der Waals surface area (Å²) in [5, 5.41) is 0.139. The third-order valence-corrected chi connectivity index (χ3v) is 4.71. The Hall–Kier alpha value is -3.29. The lowest BCUT2D eigenvalue weighted by atomic mass is 10.0. The molecule has 8 heteroatoms. The van der Waals surface area contributed by atoms with Gasteiger partial charge in [-0.25, -0.2) is 9.78 Å². The van der Waals surface area contributed by atoms with Gasteiger partial charge in [0.25, 0.3) is 11.5 Å². The lowest BCUT2D eigenvalue weighted by molar-refractivity contribution is 0.0785. The number of fused-ring (bicyclic) bond motifs is 1. The van der Waals surface area contributed by atoms with Gasteiger partial charge in [0.15, 0.2) is 5.65 Å². The van der Waals surface area contributed by atoms with Crippen LogP contribution in [0, 0.1) is 0 Å². The van der Waals surface area contributed by atoms with Gasteiger partial charge < -0.3 is 4.90 Å². The lowest BCUT2D eigenvalue weighted by Gasteiger charge is -2.19. The van der Waals surface area contributed by atoms with E-state index >= 15 is 0 Å². The molecule has 8 nitrogen and oxygen atoms in total. The number of amides is 1. The van der Waals surface area contributed by atoms with Crippen LogP contribution in [0.15, 0.2) is 40.1 Å². The molecule has 0 saturated heterocycles. The van der Waals surface area contributed by atoms with Crippen molar-refractivity contribution in [1.82, 2.24) is 24.4 Å². The summed E-state index contributed by atoms with van der Waals surface area (Å²) in [5.74, 6) is -0.298. The maximum Gasteiger partial charge on any atom is 0.329 e. The molecule has 0 saturated carbocycles. The quantitative estimate of drug-likeness (QED) is 0.690. The van der Waals surface area contributed by atoms with Crippen LogP contribution in [0.1, 0.15) is 54.9 Å². The van der Waals surface area contributed by atoms with E-state index in [4.69, 9.17) is 0 Å². The van der Waals surface area contributed by atoms with Gasteiger partial charge >= 0.3 is 5.69 Å². The minimum absolute atomic E-state index is 0.0245. The summed E-state index contributed by atoms with van der Waals surface area (Å²) in [6.07, 6.45) is 2.36. The maximum absolute atomic E-state index is 13.3. The minimum Gasteiger partial charge on any atom is -0.336 e. The Balaban J connectivity index is 2.20. The zero-order valence-electron chi connectivity index (χ0n) is 17.1. The molecule has 0 unspecified atom stereocenters. The largest absolute Gasteiger partial charge is 0.336 e. The third kappa shape index (κ3) is 4.11. The number of H-pyrrole nitrogens is 1. The van der Waals surface area contributed by atoms with Crippen LogP contribution in [-0.2, 0) is 13.1 Å². The van der Waals surface area contributed by atoms with Crippen molar-refractivity contribution < 1.29 is 4.79 Å². The van der Waals surface area contributed by atoms with Crippen LogP contribution in [0.3, 0.4) is 0 Å². The van der Waals surface area contributed by atoms with E-state index in [1.807, 2.05) is 39.0 Å². The van der Waals surface area contributed by atoms with E-state index < -0.39 is 11.2 Å². The summed E-state index contributed by atoms with van der Waals surface area (Å²) in [4.78, 5) is 50.9. The molecule has 0 aliphatic rings. The van der Waals surface area contributed by atoms with Crippen molar-refractivity contribution in [2.24, 2.45) is 0 Å². The van der Waals surface area contributed by atoms with Crippen LogP contribution in [0.4, 0.5) is 0 Å². The summed E-state index contributed by atoms with van der Waals surface area (Å²) in [5.41, 5.74) is 0.766. The fourth-order valence-electron chi connectivity index (χ4n) is 3.20. The van der Waals surface area contributed by atoms with Gasteiger partial charge in [0.05, 0.1) is 23.2 Å². The second-order valence-electron chi connectivity index (χ2n) is 7.34. The highest BCUT2D eigenvalue weighted by molar-refractivity contribution is 6.05. The minimum atomic E-state index is -0.602. The van der Waals surface area contributed by atoms with E-state index in [9.17, 15) is 14.4 Å². The van der Waals surface area contributed by atoms with Crippen LogP contribution in [0.25, 0.3) is 11.0 Å². The summed E-state index contributed by atoms with van der Waals surface area (Å²) in [7, 11) is 1.66. The van der Waals surface area contributed by atoms with Crippen molar-refractivity contribution in [1.29, 1.82) is 0 Å². The third-order valence-electron chi connectivity index (χ3n) is 4.71. The summed E-state index contributed by atoms with van der Waals surface area (Å²) in [6, 6.07) is 7.15. The van der Waals surface area contributed by atoms with E-state index in [0.717, 1.165) is 5.69 Å². The fraction of sp³-hybridized carbons (Fsp3) is 0.381. The van der Waals surface area contributed by atoms with Crippen molar-refractivity contribution in [3.05, 3.63) is 68.3 Å². The average molecular weight is 395 g/mol. The number of carbonyl (C=O) groups is 1. The normalized spacial score (nSPS) is 11.2. The molecular weight excluding hydrogens is 370 g/mol. The Morgan fingerprint density at radius 1 is 1.28 bits per heavy atom. The SMILES string of the molecule is CCCn1c(=O)[nH]c(=O)c2c(C(=O)N(C)Cc3ccccn3)cc(C(C)C)nc21. The number of aromatic amines is 1. The molecule has 3 rings (SSSR count). The fourth-order valence-corrected chi connectivity index (χ4v) is 3.20. The van der Waals surface area contributed by atoms with Gasteiger partial charge in [-0.1, -0.05) is 26.8 Å². The number of hydrogen-bond acceptors (Lipinski definition) is 5. The molecule has 0 aliphatic heterocycles. The zero-order chi connectivity index (χ0) is 21.1. The van der Waals surface area contributed by atoms with Gasteiger partial charge in [-0.3, -0.25) is 24.1 Å². The molecule has 0 spiro atoms. The number of rotatable bonds is 6. The molecule has 152 valence electrons. The summed E-state index contributed by atoms with van der Waals surface area (Å²) >= 11 is 0. The van der Waals surface area contributed by atoms with Gasteiger partial charge in [0, 0.05) is 25.5 Å². The summed E-state index contributed by atoms with van der Waals surface area (Å²) in [6.45, 7) is 6.54. The first-order chi connectivity index (χ1) is 13.8. The molecule has 3 aromatic heterocycles. The van der Waals surface area contributed by atoms with Crippen molar-refractivity contribution >= 4 is 16.9 Å². The molecular formula is C21H25N5O3. The molecule has 0 radical (unpaired) electrons. The molecule has 0 atom stereocenters. The van der Waals surface area contributed by atoms with Gasteiger partial charge in [-0.2, -0.15) is 0 Å². The maximum atomic E-state index is 13.3. The standard InChI is InChI=1S/C21H25N5O3/c1-5-10-26-18-17(19(27)24-21(26)29)15(11-16(23-18)13(2)3)20(28)25(4)12-14-8-6-7-9-22-14/h6-9,11,13H,5,10,12H2,1-4H3,(H,24,27,29). The van der Waals surface area contributed by atoms with E-state index in [1.54, 1.807) is 19.3 Å². The predicted octanol–water partition coefficient (Wildman–Crippen LogP) is 2.29. The van der Waals surface area contributed by atoms with Crippen molar-refractivity contribution in [2.45, 2.75) is 46.2 Å². The van der Waals surface area contributed by atoms with Crippen LogP contribution < -0.4 is 11.2 Å².